The van der Waals surface area contributed by atoms with Gasteiger partial charge in [-0.1, -0.05) is 29.3 Å². The summed E-state index contributed by atoms with van der Waals surface area (Å²) in [5.74, 6) is 0. The van der Waals surface area contributed by atoms with E-state index in [4.69, 9.17) is 28.5 Å². The van der Waals surface area contributed by atoms with Crippen LogP contribution in [0.15, 0.2) is 18.2 Å². The van der Waals surface area contributed by atoms with Gasteiger partial charge in [-0.05, 0) is 17.7 Å². The maximum atomic E-state index is 8.55. The summed E-state index contributed by atoms with van der Waals surface area (Å²) in [6.07, 6.45) is 2.00. The molecule has 0 bridgehead atoms. The predicted molar refractivity (Wildman–Crippen MR) is 53.5 cm³/mol. The molecular weight excluding hydrogens is 207 g/mol. The van der Waals surface area contributed by atoms with Gasteiger partial charge < -0.3 is 4.90 Å². The molecule has 0 spiro atoms. The van der Waals surface area contributed by atoms with Crippen LogP contribution in [0.25, 0.3) is 0 Å². The molecule has 0 unspecified atom stereocenters. The molecule has 1 rings (SSSR count). The predicted octanol–water partition coefficient (Wildman–Crippen LogP) is 2.91. The molecule has 0 N–H and O–H groups in total. The van der Waals surface area contributed by atoms with Crippen LogP contribution in [0.3, 0.4) is 0 Å². The molecule has 0 saturated carbocycles. The normalized spacial score (nSPS) is 9.38. The lowest BCUT2D eigenvalue weighted by molar-refractivity contribution is 0.469. The summed E-state index contributed by atoms with van der Waals surface area (Å²) in [4.78, 5) is 1.50. The lowest BCUT2D eigenvalue weighted by Gasteiger charge is -2.09. The van der Waals surface area contributed by atoms with Crippen molar-refractivity contribution in [2.45, 2.75) is 6.54 Å². The highest BCUT2D eigenvalue weighted by Gasteiger charge is 2.02. The minimum absolute atomic E-state index is 0.506. The summed E-state index contributed by atoms with van der Waals surface area (Å²) < 4.78 is 0. The molecule has 0 saturated heterocycles. The first-order chi connectivity index (χ1) is 6.13. The summed E-state index contributed by atoms with van der Waals surface area (Å²) in [7, 11) is 1.70. The van der Waals surface area contributed by atoms with Crippen LogP contribution in [0.1, 0.15) is 5.56 Å². The highest BCUT2D eigenvalue weighted by molar-refractivity contribution is 6.35. The third-order valence-corrected chi connectivity index (χ3v) is 2.18. The second kappa shape index (κ2) is 4.36. The van der Waals surface area contributed by atoms with E-state index in [0.29, 0.717) is 16.6 Å². The van der Waals surface area contributed by atoms with Crippen LogP contribution >= 0.6 is 23.2 Å². The fraction of sp³-hybridized carbons (Fsp3) is 0.222. The highest BCUT2D eigenvalue weighted by Crippen LogP contribution is 2.21. The SMILES string of the molecule is CN(C#N)Cc1ccc(Cl)cc1Cl. The van der Waals surface area contributed by atoms with Gasteiger partial charge >= 0.3 is 0 Å². The van der Waals surface area contributed by atoms with Gasteiger partial charge in [-0.25, -0.2) is 0 Å². The van der Waals surface area contributed by atoms with Crippen molar-refractivity contribution >= 4 is 23.2 Å². The van der Waals surface area contributed by atoms with Crippen molar-refractivity contribution in [3.05, 3.63) is 33.8 Å². The van der Waals surface area contributed by atoms with Gasteiger partial charge in [0.15, 0.2) is 6.19 Å². The zero-order chi connectivity index (χ0) is 9.84. The molecule has 0 amide bonds. The zero-order valence-corrected chi connectivity index (χ0v) is 8.60. The van der Waals surface area contributed by atoms with E-state index in [1.54, 1.807) is 19.2 Å². The molecule has 0 aliphatic rings. The molecule has 68 valence electrons. The number of nitrogens with zero attached hydrogens (tertiary/aromatic N) is 2. The van der Waals surface area contributed by atoms with E-state index in [2.05, 4.69) is 0 Å². The van der Waals surface area contributed by atoms with Crippen molar-refractivity contribution in [2.24, 2.45) is 0 Å². The molecule has 0 radical (unpaired) electrons. The van der Waals surface area contributed by atoms with Crippen LogP contribution in [0.5, 0.6) is 0 Å². The Labute approximate surface area is 87.3 Å². The minimum Gasteiger partial charge on any atom is -0.309 e. The molecule has 1 aromatic rings. The van der Waals surface area contributed by atoms with E-state index in [1.165, 1.54) is 4.90 Å². The first-order valence-corrected chi connectivity index (χ1v) is 4.44. The number of hydrogen-bond acceptors (Lipinski definition) is 2. The van der Waals surface area contributed by atoms with Crippen LogP contribution in [0.2, 0.25) is 10.0 Å². The van der Waals surface area contributed by atoms with Crippen molar-refractivity contribution in [1.29, 1.82) is 5.26 Å². The van der Waals surface area contributed by atoms with Gasteiger partial charge in [-0.15, -0.1) is 0 Å². The van der Waals surface area contributed by atoms with Crippen molar-refractivity contribution in [1.82, 2.24) is 4.90 Å². The average Bonchev–Trinajstić information content (AvgIpc) is 2.09. The third-order valence-electron chi connectivity index (χ3n) is 1.59. The fourth-order valence-electron chi connectivity index (χ4n) is 0.941. The topological polar surface area (TPSA) is 27.0 Å². The Hall–Kier alpha value is -0.910. The molecule has 2 nitrogen and oxygen atoms in total. The van der Waals surface area contributed by atoms with E-state index in [1.807, 2.05) is 12.3 Å². The van der Waals surface area contributed by atoms with Crippen molar-refractivity contribution in [2.75, 3.05) is 7.05 Å². The molecule has 13 heavy (non-hydrogen) atoms. The molecule has 0 fully saturated rings. The minimum atomic E-state index is 0.506. The molecule has 0 heterocycles. The number of nitriles is 1. The Morgan fingerprint density at radius 3 is 2.69 bits per heavy atom. The Bertz CT molecular complexity index is 344. The second-order valence-corrected chi connectivity index (χ2v) is 3.54. The summed E-state index contributed by atoms with van der Waals surface area (Å²) in [5, 5.41) is 9.75. The largest absolute Gasteiger partial charge is 0.309 e. The monoisotopic (exact) mass is 214 g/mol. The molecular formula is C9H8Cl2N2. The summed E-state index contributed by atoms with van der Waals surface area (Å²) in [6.45, 7) is 0.506. The first-order valence-electron chi connectivity index (χ1n) is 3.68. The first kappa shape index (κ1) is 10.2. The second-order valence-electron chi connectivity index (χ2n) is 2.69. The van der Waals surface area contributed by atoms with Crippen LogP contribution < -0.4 is 0 Å². The Morgan fingerprint density at radius 1 is 1.46 bits per heavy atom. The van der Waals surface area contributed by atoms with Gasteiger partial charge in [0.05, 0.1) is 6.54 Å². The van der Waals surface area contributed by atoms with E-state index in [0.717, 1.165) is 5.56 Å². The smallest absolute Gasteiger partial charge is 0.179 e. The van der Waals surface area contributed by atoms with Gasteiger partial charge in [0, 0.05) is 17.1 Å². The fourth-order valence-corrected chi connectivity index (χ4v) is 1.41. The van der Waals surface area contributed by atoms with Gasteiger partial charge in [0.1, 0.15) is 0 Å². The van der Waals surface area contributed by atoms with Crippen molar-refractivity contribution < 1.29 is 0 Å². The van der Waals surface area contributed by atoms with E-state index in [-0.39, 0.29) is 0 Å². The van der Waals surface area contributed by atoms with Crippen LogP contribution in [0, 0.1) is 11.5 Å². The summed E-state index contributed by atoms with van der Waals surface area (Å²) in [5.41, 5.74) is 0.898. The van der Waals surface area contributed by atoms with E-state index < -0.39 is 0 Å². The summed E-state index contributed by atoms with van der Waals surface area (Å²) in [6, 6.07) is 5.25. The highest BCUT2D eigenvalue weighted by atomic mass is 35.5. The quantitative estimate of drug-likeness (QED) is 0.560. The van der Waals surface area contributed by atoms with Crippen LogP contribution in [-0.2, 0) is 6.54 Å². The molecule has 0 aliphatic carbocycles. The maximum Gasteiger partial charge on any atom is 0.179 e. The molecule has 0 aromatic heterocycles. The lowest BCUT2D eigenvalue weighted by Crippen LogP contribution is -2.10. The Balaban J connectivity index is 2.85. The van der Waals surface area contributed by atoms with Gasteiger partial charge in [0.25, 0.3) is 0 Å². The van der Waals surface area contributed by atoms with Gasteiger partial charge in [-0.2, -0.15) is 5.26 Å². The third kappa shape index (κ3) is 2.80. The zero-order valence-electron chi connectivity index (χ0n) is 7.09. The number of benzene rings is 1. The lowest BCUT2D eigenvalue weighted by atomic mass is 10.2. The van der Waals surface area contributed by atoms with Crippen LogP contribution in [-0.4, -0.2) is 11.9 Å². The van der Waals surface area contributed by atoms with Gasteiger partial charge in [0.2, 0.25) is 0 Å². The van der Waals surface area contributed by atoms with E-state index in [9.17, 15) is 0 Å². The molecule has 0 aliphatic heterocycles. The molecule has 4 heteroatoms. The number of hydrogen-bond donors (Lipinski definition) is 0. The molecule has 0 atom stereocenters. The van der Waals surface area contributed by atoms with Gasteiger partial charge in [-0.3, -0.25) is 0 Å². The Morgan fingerprint density at radius 2 is 2.15 bits per heavy atom. The van der Waals surface area contributed by atoms with Crippen molar-refractivity contribution in [3.8, 4) is 6.19 Å². The van der Waals surface area contributed by atoms with E-state index >= 15 is 0 Å². The summed E-state index contributed by atoms with van der Waals surface area (Å²) >= 11 is 11.6. The number of rotatable bonds is 2. The maximum absolute atomic E-state index is 8.55. The van der Waals surface area contributed by atoms with Crippen molar-refractivity contribution in [3.63, 3.8) is 0 Å². The average molecular weight is 215 g/mol. The molecule has 1 aromatic carbocycles. The Kier molecular flexibility index (Phi) is 3.41. The number of halogens is 2. The standard InChI is InChI=1S/C9H8Cl2N2/c1-13(6-12)5-7-2-3-8(10)4-9(7)11/h2-4H,5H2,1H3. The van der Waals surface area contributed by atoms with Crippen LogP contribution in [0.4, 0.5) is 0 Å².